The molecule has 0 bridgehead atoms. The average Bonchev–Trinajstić information content (AvgIpc) is 2.29. The zero-order valence-corrected chi connectivity index (χ0v) is 10.1. The van der Waals surface area contributed by atoms with Gasteiger partial charge in [0.2, 0.25) is 0 Å². The van der Waals surface area contributed by atoms with Crippen LogP contribution in [0.25, 0.3) is 0 Å². The molecule has 0 fully saturated rings. The van der Waals surface area contributed by atoms with Crippen molar-refractivity contribution >= 4 is 11.9 Å². The first-order chi connectivity index (χ1) is 8.11. The summed E-state index contributed by atoms with van der Waals surface area (Å²) >= 11 is 0. The summed E-state index contributed by atoms with van der Waals surface area (Å²) < 4.78 is 4.83. The molecule has 0 saturated carbocycles. The molecule has 0 aliphatic heterocycles. The Bertz CT molecular complexity index is 235. The van der Waals surface area contributed by atoms with E-state index in [2.05, 4.69) is 0 Å². The Morgan fingerprint density at radius 1 is 1.47 bits per heavy atom. The van der Waals surface area contributed by atoms with Crippen LogP contribution in [0, 0.1) is 5.92 Å². The Labute approximate surface area is 100 Å². The predicted molar refractivity (Wildman–Crippen MR) is 58.8 cm³/mol. The number of carboxylic acids is 1. The molecule has 7 nitrogen and oxygen atoms in total. The smallest absolute Gasteiger partial charge is 0.366 e. The predicted octanol–water partition coefficient (Wildman–Crippen LogP) is -1.52. The SMILES string of the molecule is COCCC[NH2+]OC(=O)CCC(CN)C(=O)O. The number of methoxy groups -OCH3 is 1. The molecule has 0 aliphatic rings. The summed E-state index contributed by atoms with van der Waals surface area (Å²) in [5.41, 5.74) is 6.68. The molecule has 0 rings (SSSR count). The van der Waals surface area contributed by atoms with Crippen LogP contribution in [-0.4, -0.2) is 43.9 Å². The number of hydrogen-bond donors (Lipinski definition) is 3. The third-order valence-corrected chi connectivity index (χ3v) is 2.22. The summed E-state index contributed by atoms with van der Waals surface area (Å²) in [5.74, 6) is -2.09. The van der Waals surface area contributed by atoms with Crippen molar-refractivity contribution < 1.29 is 29.8 Å². The maximum absolute atomic E-state index is 11.2. The molecule has 1 atom stereocenters. The van der Waals surface area contributed by atoms with Gasteiger partial charge < -0.3 is 15.6 Å². The summed E-state index contributed by atoms with van der Waals surface area (Å²) in [5, 5.41) is 8.71. The van der Waals surface area contributed by atoms with Gasteiger partial charge in [0.1, 0.15) is 6.54 Å². The highest BCUT2D eigenvalue weighted by Gasteiger charge is 2.18. The fraction of sp³-hybridized carbons (Fsp3) is 0.800. The van der Waals surface area contributed by atoms with Crippen molar-refractivity contribution in [1.29, 1.82) is 0 Å². The fourth-order valence-electron chi connectivity index (χ4n) is 1.16. The summed E-state index contributed by atoms with van der Waals surface area (Å²) in [6, 6.07) is 0. The largest absolute Gasteiger partial charge is 0.481 e. The second-order valence-electron chi connectivity index (χ2n) is 3.60. The molecule has 7 heteroatoms. The number of nitrogens with two attached hydrogens (primary N) is 2. The number of quaternary nitrogens is 1. The van der Waals surface area contributed by atoms with E-state index in [0.29, 0.717) is 13.2 Å². The van der Waals surface area contributed by atoms with Gasteiger partial charge in [-0.25, -0.2) is 4.79 Å². The maximum atomic E-state index is 11.2. The Hall–Kier alpha value is -1.18. The van der Waals surface area contributed by atoms with Crippen LogP contribution in [-0.2, 0) is 19.2 Å². The number of carbonyl (C=O) groups is 2. The summed E-state index contributed by atoms with van der Waals surface area (Å²) in [7, 11) is 1.60. The second-order valence-corrected chi connectivity index (χ2v) is 3.60. The van der Waals surface area contributed by atoms with E-state index in [-0.39, 0.29) is 19.4 Å². The molecule has 0 saturated heterocycles. The summed E-state index contributed by atoms with van der Waals surface area (Å²) in [6.07, 6.45) is 1.05. The van der Waals surface area contributed by atoms with E-state index in [1.807, 2.05) is 0 Å². The average molecular weight is 249 g/mol. The fourth-order valence-corrected chi connectivity index (χ4v) is 1.16. The molecule has 0 radical (unpaired) electrons. The van der Waals surface area contributed by atoms with Gasteiger partial charge in [-0.1, -0.05) is 0 Å². The maximum Gasteiger partial charge on any atom is 0.366 e. The molecule has 0 spiro atoms. The van der Waals surface area contributed by atoms with Crippen molar-refractivity contribution in [2.24, 2.45) is 11.7 Å². The lowest BCUT2D eigenvalue weighted by atomic mass is 10.0. The standard InChI is InChI=1S/C10H20N2O5/c1-16-6-2-5-12-17-9(13)4-3-8(7-11)10(14)15/h8,12H,2-7,11H2,1H3,(H,14,15)/p+1. The molecular formula is C10H21N2O5+. The first-order valence-electron chi connectivity index (χ1n) is 5.54. The van der Waals surface area contributed by atoms with E-state index in [9.17, 15) is 9.59 Å². The van der Waals surface area contributed by atoms with Gasteiger partial charge in [-0.15, -0.1) is 0 Å². The lowest BCUT2D eigenvalue weighted by Crippen LogP contribution is -2.84. The number of rotatable bonds is 10. The van der Waals surface area contributed by atoms with Gasteiger partial charge in [0.05, 0.1) is 18.9 Å². The molecule has 0 aromatic rings. The van der Waals surface area contributed by atoms with Crippen LogP contribution in [0.5, 0.6) is 0 Å². The first-order valence-corrected chi connectivity index (χ1v) is 5.54. The highest BCUT2D eigenvalue weighted by atomic mass is 16.7. The lowest BCUT2D eigenvalue weighted by molar-refractivity contribution is -0.872. The van der Waals surface area contributed by atoms with E-state index < -0.39 is 17.9 Å². The number of aliphatic carboxylic acids is 1. The molecule has 17 heavy (non-hydrogen) atoms. The molecule has 1 unspecified atom stereocenters. The van der Waals surface area contributed by atoms with Crippen LogP contribution in [0.1, 0.15) is 19.3 Å². The second kappa shape index (κ2) is 10.0. The van der Waals surface area contributed by atoms with Gasteiger partial charge in [-0.3, -0.25) is 9.63 Å². The van der Waals surface area contributed by atoms with Crippen molar-refractivity contribution in [3.05, 3.63) is 0 Å². The van der Waals surface area contributed by atoms with Crippen molar-refractivity contribution in [3.63, 3.8) is 0 Å². The molecule has 0 aromatic heterocycles. The Kier molecular flexibility index (Phi) is 9.31. The molecular weight excluding hydrogens is 228 g/mol. The van der Waals surface area contributed by atoms with Crippen LogP contribution in [0.15, 0.2) is 0 Å². The van der Waals surface area contributed by atoms with E-state index >= 15 is 0 Å². The minimum atomic E-state index is -0.982. The van der Waals surface area contributed by atoms with E-state index in [0.717, 1.165) is 6.42 Å². The Morgan fingerprint density at radius 3 is 2.71 bits per heavy atom. The first kappa shape index (κ1) is 15.8. The minimum Gasteiger partial charge on any atom is -0.481 e. The van der Waals surface area contributed by atoms with E-state index in [1.165, 1.54) is 5.48 Å². The van der Waals surface area contributed by atoms with Gasteiger partial charge in [-0.05, 0) is 6.42 Å². The topological polar surface area (TPSA) is 115 Å². The van der Waals surface area contributed by atoms with Crippen molar-refractivity contribution in [1.82, 2.24) is 0 Å². The molecule has 0 heterocycles. The summed E-state index contributed by atoms with van der Waals surface area (Å²) in [6.45, 7) is 1.27. The molecule has 0 amide bonds. The van der Waals surface area contributed by atoms with Gasteiger partial charge in [0.25, 0.3) is 0 Å². The number of carboxylic acid groups (broad SMARTS) is 1. The monoisotopic (exact) mass is 249 g/mol. The van der Waals surface area contributed by atoms with Crippen molar-refractivity contribution in [3.8, 4) is 0 Å². The third kappa shape index (κ3) is 8.61. The van der Waals surface area contributed by atoms with E-state index in [4.69, 9.17) is 20.4 Å². The zero-order chi connectivity index (χ0) is 13.1. The van der Waals surface area contributed by atoms with Crippen molar-refractivity contribution in [2.75, 3.05) is 26.8 Å². The molecule has 100 valence electrons. The van der Waals surface area contributed by atoms with E-state index in [1.54, 1.807) is 7.11 Å². The quantitative estimate of drug-likeness (QED) is 0.320. The van der Waals surface area contributed by atoms with Crippen molar-refractivity contribution in [2.45, 2.75) is 19.3 Å². The van der Waals surface area contributed by atoms with Crippen LogP contribution < -0.4 is 11.2 Å². The highest BCUT2D eigenvalue weighted by Crippen LogP contribution is 2.05. The Morgan fingerprint density at radius 2 is 2.18 bits per heavy atom. The third-order valence-electron chi connectivity index (χ3n) is 2.22. The minimum absolute atomic E-state index is 0.0279. The normalized spacial score (nSPS) is 12.1. The van der Waals surface area contributed by atoms with Crippen LogP contribution in [0.2, 0.25) is 0 Å². The molecule has 0 aliphatic carbocycles. The molecule has 5 N–H and O–H groups in total. The number of hydrogen-bond acceptors (Lipinski definition) is 5. The highest BCUT2D eigenvalue weighted by molar-refractivity contribution is 5.72. The van der Waals surface area contributed by atoms with Gasteiger partial charge in [-0.2, -0.15) is 5.48 Å². The number of carbonyl (C=O) groups excluding carboxylic acids is 1. The molecule has 0 aromatic carbocycles. The Balaban J connectivity index is 3.55. The van der Waals surface area contributed by atoms with Gasteiger partial charge in [0, 0.05) is 20.1 Å². The van der Waals surface area contributed by atoms with Crippen LogP contribution in [0.3, 0.4) is 0 Å². The summed E-state index contributed by atoms with van der Waals surface area (Å²) in [4.78, 5) is 26.6. The number of hydroxylamine groups is 1. The zero-order valence-electron chi connectivity index (χ0n) is 10.1. The number of ether oxygens (including phenoxy) is 1. The van der Waals surface area contributed by atoms with Crippen LogP contribution >= 0.6 is 0 Å². The van der Waals surface area contributed by atoms with Gasteiger partial charge >= 0.3 is 11.9 Å². The van der Waals surface area contributed by atoms with Gasteiger partial charge in [0.15, 0.2) is 0 Å². The van der Waals surface area contributed by atoms with Crippen LogP contribution in [0.4, 0.5) is 0 Å². The lowest BCUT2D eigenvalue weighted by Gasteiger charge is -2.07.